The summed E-state index contributed by atoms with van der Waals surface area (Å²) in [6, 6.07) is 3.50. The molecule has 1 N–H and O–H groups in total. The Kier molecular flexibility index (Phi) is 1.12. The fraction of sp³-hybridized carbons (Fsp3) is 0.125. The average molecular weight is 148 g/mol. The molecule has 0 aliphatic rings. The Bertz CT molecular complexity index is 392. The van der Waals surface area contributed by atoms with Crippen LogP contribution in [0.25, 0.3) is 5.52 Å². The zero-order valence-electron chi connectivity index (χ0n) is 6.15. The maximum atomic E-state index is 9.27. The van der Waals surface area contributed by atoms with E-state index in [0.29, 0.717) is 0 Å². The van der Waals surface area contributed by atoms with Crippen LogP contribution >= 0.6 is 0 Å². The number of rotatable bonds is 0. The van der Waals surface area contributed by atoms with Crippen LogP contribution in [0.1, 0.15) is 5.69 Å². The molecule has 0 radical (unpaired) electrons. The third-order valence-corrected chi connectivity index (χ3v) is 1.75. The molecule has 0 aromatic carbocycles. The van der Waals surface area contributed by atoms with E-state index in [4.69, 9.17) is 0 Å². The van der Waals surface area contributed by atoms with Crippen molar-refractivity contribution in [3.8, 4) is 5.88 Å². The van der Waals surface area contributed by atoms with Crippen molar-refractivity contribution in [2.24, 2.45) is 0 Å². The summed E-state index contributed by atoms with van der Waals surface area (Å²) in [5, 5.41) is 9.27. The van der Waals surface area contributed by atoms with E-state index < -0.39 is 0 Å². The molecule has 0 unspecified atom stereocenters. The smallest absolute Gasteiger partial charge is 0.195 e. The van der Waals surface area contributed by atoms with E-state index in [9.17, 15) is 5.11 Å². The first kappa shape index (κ1) is 6.22. The minimum atomic E-state index is 0.255. The quantitative estimate of drug-likeness (QED) is 0.612. The number of hydrogen-bond acceptors (Lipinski definition) is 2. The van der Waals surface area contributed by atoms with Gasteiger partial charge in [-0.05, 0) is 13.0 Å². The van der Waals surface area contributed by atoms with Crippen LogP contribution in [0, 0.1) is 6.92 Å². The molecule has 2 aromatic rings. The molecule has 0 saturated carbocycles. The van der Waals surface area contributed by atoms with Gasteiger partial charge in [0.05, 0.1) is 11.2 Å². The molecule has 2 heterocycles. The molecule has 2 rings (SSSR count). The first-order chi connectivity index (χ1) is 5.29. The number of nitrogens with zero attached hydrogens (tertiary/aromatic N) is 2. The first-order valence-corrected chi connectivity index (χ1v) is 3.40. The third-order valence-electron chi connectivity index (χ3n) is 1.75. The lowest BCUT2D eigenvalue weighted by molar-refractivity contribution is 0.448. The van der Waals surface area contributed by atoms with Crippen LogP contribution in [0.3, 0.4) is 0 Å². The SMILES string of the molecule is Cc1nccn2c(O)ccc12. The lowest BCUT2D eigenvalue weighted by Gasteiger charge is -1.97. The normalized spacial score (nSPS) is 10.6. The third kappa shape index (κ3) is 0.774. The Balaban J connectivity index is 2.94. The van der Waals surface area contributed by atoms with Gasteiger partial charge in [-0.3, -0.25) is 9.38 Å². The highest BCUT2D eigenvalue weighted by molar-refractivity contribution is 5.54. The zero-order chi connectivity index (χ0) is 7.84. The fourth-order valence-electron chi connectivity index (χ4n) is 1.17. The molecule has 0 aliphatic carbocycles. The number of aryl methyl sites for hydroxylation is 1. The highest BCUT2D eigenvalue weighted by Gasteiger charge is 2.00. The molecule has 0 atom stereocenters. The Morgan fingerprint density at radius 1 is 1.45 bits per heavy atom. The van der Waals surface area contributed by atoms with Gasteiger partial charge in [-0.25, -0.2) is 0 Å². The second kappa shape index (κ2) is 1.99. The van der Waals surface area contributed by atoms with E-state index in [0.717, 1.165) is 11.2 Å². The molecule has 3 heteroatoms. The zero-order valence-corrected chi connectivity index (χ0v) is 6.15. The lowest BCUT2D eigenvalue weighted by Crippen LogP contribution is -1.87. The van der Waals surface area contributed by atoms with E-state index in [-0.39, 0.29) is 5.88 Å². The number of aromatic nitrogens is 2. The molecule has 0 aliphatic heterocycles. The van der Waals surface area contributed by atoms with Gasteiger partial charge in [-0.2, -0.15) is 0 Å². The van der Waals surface area contributed by atoms with Gasteiger partial charge in [0.15, 0.2) is 5.88 Å². The summed E-state index contributed by atoms with van der Waals surface area (Å²) in [7, 11) is 0. The second-order valence-electron chi connectivity index (χ2n) is 2.46. The van der Waals surface area contributed by atoms with Crippen molar-refractivity contribution < 1.29 is 5.11 Å². The Labute approximate surface area is 63.9 Å². The predicted octanol–water partition coefficient (Wildman–Crippen LogP) is 1.35. The molecule has 0 bridgehead atoms. The fourth-order valence-corrected chi connectivity index (χ4v) is 1.17. The highest BCUT2D eigenvalue weighted by atomic mass is 16.3. The van der Waals surface area contributed by atoms with Crippen LogP contribution in [0.15, 0.2) is 24.5 Å². The van der Waals surface area contributed by atoms with Gasteiger partial charge in [-0.15, -0.1) is 0 Å². The first-order valence-electron chi connectivity index (χ1n) is 3.40. The molecule has 56 valence electrons. The molecule has 2 aromatic heterocycles. The maximum absolute atomic E-state index is 9.27. The summed E-state index contributed by atoms with van der Waals surface area (Å²) >= 11 is 0. The van der Waals surface area contributed by atoms with Crippen LogP contribution in [0.4, 0.5) is 0 Å². The lowest BCUT2D eigenvalue weighted by atomic mass is 10.4. The molecule has 0 fully saturated rings. The summed E-state index contributed by atoms with van der Waals surface area (Å²) in [5.74, 6) is 0.255. The van der Waals surface area contributed by atoms with Gasteiger partial charge in [-0.1, -0.05) is 0 Å². The van der Waals surface area contributed by atoms with Crippen LogP contribution in [-0.4, -0.2) is 14.5 Å². The van der Waals surface area contributed by atoms with E-state index in [1.54, 1.807) is 22.9 Å². The van der Waals surface area contributed by atoms with Crippen molar-refractivity contribution in [2.45, 2.75) is 6.92 Å². The second-order valence-corrected chi connectivity index (χ2v) is 2.46. The molecular weight excluding hydrogens is 140 g/mol. The van der Waals surface area contributed by atoms with E-state index in [1.807, 2.05) is 13.0 Å². The standard InChI is InChI=1S/C8H8N2O/c1-6-7-2-3-8(11)10(7)5-4-9-6/h2-5,11H,1H3. The van der Waals surface area contributed by atoms with Gasteiger partial charge >= 0.3 is 0 Å². The van der Waals surface area contributed by atoms with Gasteiger partial charge in [0.2, 0.25) is 0 Å². The van der Waals surface area contributed by atoms with Crippen LogP contribution in [-0.2, 0) is 0 Å². The van der Waals surface area contributed by atoms with E-state index >= 15 is 0 Å². The number of aromatic hydroxyl groups is 1. The van der Waals surface area contributed by atoms with Gasteiger partial charge in [0, 0.05) is 18.5 Å². The summed E-state index contributed by atoms with van der Waals surface area (Å²) < 4.78 is 1.70. The Hall–Kier alpha value is -1.51. The van der Waals surface area contributed by atoms with Gasteiger partial charge in [0.1, 0.15) is 0 Å². The van der Waals surface area contributed by atoms with Crippen LogP contribution in [0.2, 0.25) is 0 Å². The molecule has 11 heavy (non-hydrogen) atoms. The molecule has 0 spiro atoms. The van der Waals surface area contributed by atoms with Crippen molar-refractivity contribution in [3.63, 3.8) is 0 Å². The number of hydrogen-bond donors (Lipinski definition) is 1. The minimum Gasteiger partial charge on any atom is -0.494 e. The summed E-state index contributed by atoms with van der Waals surface area (Å²) in [4.78, 5) is 4.09. The molecule has 3 nitrogen and oxygen atoms in total. The Morgan fingerprint density at radius 3 is 3.00 bits per heavy atom. The highest BCUT2D eigenvalue weighted by Crippen LogP contribution is 2.16. The van der Waals surface area contributed by atoms with Crippen LogP contribution in [0.5, 0.6) is 5.88 Å². The van der Waals surface area contributed by atoms with Crippen molar-refractivity contribution in [2.75, 3.05) is 0 Å². The monoisotopic (exact) mass is 148 g/mol. The van der Waals surface area contributed by atoms with Crippen LogP contribution < -0.4 is 0 Å². The van der Waals surface area contributed by atoms with E-state index in [2.05, 4.69) is 4.98 Å². The largest absolute Gasteiger partial charge is 0.494 e. The Morgan fingerprint density at radius 2 is 2.27 bits per heavy atom. The summed E-state index contributed by atoms with van der Waals surface area (Å²) in [6.07, 6.45) is 3.40. The molecule has 0 amide bonds. The summed E-state index contributed by atoms with van der Waals surface area (Å²) in [5.41, 5.74) is 1.87. The topological polar surface area (TPSA) is 37.5 Å². The molecular formula is C8H8N2O. The predicted molar refractivity (Wildman–Crippen MR) is 41.6 cm³/mol. The van der Waals surface area contributed by atoms with Gasteiger partial charge < -0.3 is 5.11 Å². The van der Waals surface area contributed by atoms with Crippen molar-refractivity contribution in [1.82, 2.24) is 9.38 Å². The van der Waals surface area contributed by atoms with E-state index in [1.165, 1.54) is 0 Å². The summed E-state index contributed by atoms with van der Waals surface area (Å²) in [6.45, 7) is 1.91. The van der Waals surface area contributed by atoms with Gasteiger partial charge in [0.25, 0.3) is 0 Å². The average Bonchev–Trinajstić information content (AvgIpc) is 2.35. The molecule has 0 saturated heterocycles. The van der Waals surface area contributed by atoms with Crippen molar-refractivity contribution in [3.05, 3.63) is 30.2 Å². The minimum absolute atomic E-state index is 0.255. The number of fused-ring (bicyclic) bond motifs is 1. The van der Waals surface area contributed by atoms with Crippen molar-refractivity contribution in [1.29, 1.82) is 0 Å². The maximum Gasteiger partial charge on any atom is 0.195 e. The van der Waals surface area contributed by atoms with Crippen molar-refractivity contribution >= 4 is 5.52 Å².